The average molecular weight is 259 g/mol. The molecule has 0 bridgehead atoms. The molecule has 0 aromatic heterocycles. The lowest BCUT2D eigenvalue weighted by atomic mass is 9.68. The molecule has 0 spiro atoms. The maximum absolute atomic E-state index is 12.5. The highest BCUT2D eigenvalue weighted by Gasteiger charge is 2.36. The number of rotatable bonds is 4. The van der Waals surface area contributed by atoms with Crippen molar-refractivity contribution in [2.75, 3.05) is 6.67 Å². The van der Waals surface area contributed by atoms with Crippen molar-refractivity contribution in [3.63, 3.8) is 0 Å². The van der Waals surface area contributed by atoms with E-state index in [1.54, 1.807) is 0 Å². The zero-order chi connectivity index (χ0) is 13.9. The number of aliphatic carboxylic acids is 1. The third kappa shape index (κ3) is 3.96. The number of carbonyl (C=O) groups excluding carboxylic acids is 1. The fourth-order valence-corrected chi connectivity index (χ4v) is 3.00. The molecule has 18 heavy (non-hydrogen) atoms. The quantitative estimate of drug-likeness (QED) is 0.811. The molecule has 104 valence electrons. The van der Waals surface area contributed by atoms with Gasteiger partial charge in [0.2, 0.25) is 5.91 Å². The minimum Gasteiger partial charge on any atom is -0.480 e. The van der Waals surface area contributed by atoms with Crippen molar-refractivity contribution in [3.8, 4) is 0 Å². The van der Waals surface area contributed by atoms with Crippen molar-refractivity contribution in [1.82, 2.24) is 5.32 Å². The van der Waals surface area contributed by atoms with Crippen LogP contribution in [0.4, 0.5) is 4.39 Å². The normalized spacial score (nSPS) is 28.4. The molecule has 0 aromatic rings. The summed E-state index contributed by atoms with van der Waals surface area (Å²) < 4.78 is 12.5. The van der Waals surface area contributed by atoms with Gasteiger partial charge in [-0.1, -0.05) is 20.8 Å². The number of alkyl halides is 1. The van der Waals surface area contributed by atoms with Gasteiger partial charge in [-0.3, -0.25) is 4.79 Å². The first-order chi connectivity index (χ1) is 8.25. The number of hydrogen-bond acceptors (Lipinski definition) is 2. The first kappa shape index (κ1) is 14.9. The fourth-order valence-electron chi connectivity index (χ4n) is 3.00. The summed E-state index contributed by atoms with van der Waals surface area (Å²) in [5.74, 6) is -1.44. The van der Waals surface area contributed by atoms with Gasteiger partial charge in [0.25, 0.3) is 0 Å². The van der Waals surface area contributed by atoms with Crippen LogP contribution < -0.4 is 5.32 Å². The Bertz CT molecular complexity index is 330. The molecule has 2 N–H and O–H groups in total. The Labute approximate surface area is 107 Å². The third-order valence-corrected chi connectivity index (χ3v) is 3.53. The summed E-state index contributed by atoms with van der Waals surface area (Å²) in [6, 6.07) is -1.42. The number of carboxylic acid groups (broad SMARTS) is 1. The molecule has 0 aliphatic heterocycles. The van der Waals surface area contributed by atoms with Gasteiger partial charge in [0.05, 0.1) is 0 Å². The van der Waals surface area contributed by atoms with Crippen LogP contribution in [0.5, 0.6) is 0 Å². The molecule has 1 rings (SSSR count). The maximum Gasteiger partial charge on any atom is 0.328 e. The van der Waals surface area contributed by atoms with E-state index in [0.29, 0.717) is 5.92 Å². The van der Waals surface area contributed by atoms with Crippen molar-refractivity contribution < 1.29 is 19.1 Å². The number of nitrogens with one attached hydrogen (secondary N) is 1. The molecule has 3 unspecified atom stereocenters. The molecule has 1 saturated carbocycles. The van der Waals surface area contributed by atoms with Gasteiger partial charge in [-0.2, -0.15) is 0 Å². The van der Waals surface area contributed by atoms with E-state index in [0.717, 1.165) is 19.3 Å². The van der Waals surface area contributed by atoms with Gasteiger partial charge in [-0.15, -0.1) is 0 Å². The smallest absolute Gasteiger partial charge is 0.328 e. The van der Waals surface area contributed by atoms with E-state index in [1.165, 1.54) is 0 Å². The Morgan fingerprint density at radius 3 is 2.50 bits per heavy atom. The Morgan fingerprint density at radius 2 is 2.06 bits per heavy atom. The zero-order valence-electron chi connectivity index (χ0n) is 11.2. The van der Waals surface area contributed by atoms with Crippen molar-refractivity contribution in [3.05, 3.63) is 0 Å². The lowest BCUT2D eigenvalue weighted by Gasteiger charge is -2.38. The Balaban J connectivity index is 2.63. The number of hydrogen-bond donors (Lipinski definition) is 2. The largest absolute Gasteiger partial charge is 0.480 e. The van der Waals surface area contributed by atoms with Crippen LogP contribution in [0.25, 0.3) is 0 Å². The summed E-state index contributed by atoms with van der Waals surface area (Å²) in [5, 5.41) is 11.0. The predicted molar refractivity (Wildman–Crippen MR) is 65.8 cm³/mol. The van der Waals surface area contributed by atoms with E-state index in [-0.39, 0.29) is 17.2 Å². The number of amides is 1. The predicted octanol–water partition coefficient (Wildman–Crippen LogP) is 1.99. The van der Waals surface area contributed by atoms with E-state index in [2.05, 4.69) is 26.1 Å². The van der Waals surface area contributed by atoms with Crippen molar-refractivity contribution >= 4 is 11.9 Å². The summed E-state index contributed by atoms with van der Waals surface area (Å²) in [6.45, 7) is 5.22. The van der Waals surface area contributed by atoms with Crippen LogP contribution in [-0.2, 0) is 9.59 Å². The molecular formula is C13H22FNO3. The molecule has 5 heteroatoms. The van der Waals surface area contributed by atoms with E-state index >= 15 is 0 Å². The van der Waals surface area contributed by atoms with Crippen molar-refractivity contribution in [2.24, 2.45) is 17.3 Å². The third-order valence-electron chi connectivity index (χ3n) is 3.53. The molecule has 1 amide bonds. The minimum absolute atomic E-state index is 0.0775. The Kier molecular flexibility index (Phi) is 4.71. The number of carboxylic acids is 1. The summed E-state index contributed by atoms with van der Waals surface area (Å²) in [4.78, 5) is 22.6. The molecule has 0 saturated heterocycles. The number of halogens is 1. The molecule has 4 nitrogen and oxygen atoms in total. The lowest BCUT2D eigenvalue weighted by Crippen LogP contribution is -2.47. The fraction of sp³-hybridized carbons (Fsp3) is 0.846. The molecule has 0 heterocycles. The van der Waals surface area contributed by atoms with Crippen LogP contribution in [0.2, 0.25) is 0 Å². The lowest BCUT2D eigenvalue weighted by molar-refractivity contribution is -0.143. The zero-order valence-corrected chi connectivity index (χ0v) is 11.2. The maximum atomic E-state index is 12.5. The van der Waals surface area contributed by atoms with Crippen molar-refractivity contribution in [2.45, 2.75) is 46.1 Å². The van der Waals surface area contributed by atoms with Crippen LogP contribution >= 0.6 is 0 Å². The standard InChI is InChI=1S/C13H22FNO3/c1-8-4-9(6-13(2,3)5-8)11(16)15-10(7-14)12(17)18/h8-10H,4-7H2,1-3H3,(H,15,16)(H,17,18). The van der Waals surface area contributed by atoms with Gasteiger partial charge in [0, 0.05) is 5.92 Å². The second-order valence-electron chi connectivity index (χ2n) is 6.16. The first-order valence-corrected chi connectivity index (χ1v) is 6.34. The van der Waals surface area contributed by atoms with Crippen LogP contribution in [0.15, 0.2) is 0 Å². The highest BCUT2D eigenvalue weighted by molar-refractivity contribution is 5.85. The molecule has 1 fully saturated rings. The highest BCUT2D eigenvalue weighted by Crippen LogP contribution is 2.41. The van der Waals surface area contributed by atoms with Gasteiger partial charge in [-0.25, -0.2) is 9.18 Å². The van der Waals surface area contributed by atoms with Crippen LogP contribution in [0.1, 0.15) is 40.0 Å². The molecular weight excluding hydrogens is 237 g/mol. The van der Waals surface area contributed by atoms with Gasteiger partial charge in [0.1, 0.15) is 6.67 Å². The second kappa shape index (κ2) is 5.67. The summed E-state index contributed by atoms with van der Waals surface area (Å²) in [7, 11) is 0. The molecule has 0 radical (unpaired) electrons. The van der Waals surface area contributed by atoms with Gasteiger partial charge in [-0.05, 0) is 30.6 Å². The Hall–Kier alpha value is -1.13. The molecule has 3 atom stereocenters. The van der Waals surface area contributed by atoms with E-state index < -0.39 is 18.7 Å². The second-order valence-corrected chi connectivity index (χ2v) is 6.16. The van der Waals surface area contributed by atoms with E-state index in [1.807, 2.05) is 0 Å². The summed E-state index contributed by atoms with van der Waals surface area (Å²) in [6.07, 6.45) is 2.53. The van der Waals surface area contributed by atoms with Crippen LogP contribution in [0, 0.1) is 17.3 Å². The van der Waals surface area contributed by atoms with E-state index in [4.69, 9.17) is 5.11 Å². The molecule has 0 aromatic carbocycles. The monoisotopic (exact) mass is 259 g/mol. The average Bonchev–Trinajstić information content (AvgIpc) is 2.22. The summed E-state index contributed by atoms with van der Waals surface area (Å²) in [5.41, 5.74) is 0.0775. The topological polar surface area (TPSA) is 66.4 Å². The van der Waals surface area contributed by atoms with E-state index in [9.17, 15) is 14.0 Å². The van der Waals surface area contributed by atoms with Crippen LogP contribution in [0.3, 0.4) is 0 Å². The highest BCUT2D eigenvalue weighted by atomic mass is 19.1. The Morgan fingerprint density at radius 1 is 1.44 bits per heavy atom. The summed E-state index contributed by atoms with van der Waals surface area (Å²) >= 11 is 0. The van der Waals surface area contributed by atoms with Gasteiger partial charge >= 0.3 is 5.97 Å². The molecule has 1 aliphatic rings. The molecule has 1 aliphatic carbocycles. The minimum atomic E-state index is -1.42. The first-order valence-electron chi connectivity index (χ1n) is 6.34. The number of carbonyl (C=O) groups is 2. The van der Waals surface area contributed by atoms with Gasteiger partial charge < -0.3 is 10.4 Å². The van der Waals surface area contributed by atoms with Crippen molar-refractivity contribution in [1.29, 1.82) is 0 Å². The SMILES string of the molecule is CC1CC(C(=O)NC(CF)C(=O)O)CC(C)(C)C1. The van der Waals surface area contributed by atoms with Gasteiger partial charge in [0.15, 0.2) is 6.04 Å². The van der Waals surface area contributed by atoms with Crippen LogP contribution in [-0.4, -0.2) is 29.7 Å².